The zero-order chi connectivity index (χ0) is 20.8. The van der Waals surface area contributed by atoms with Crippen LogP contribution in [0, 0.1) is 11.8 Å². The highest BCUT2D eigenvalue weighted by atomic mass is 19.4. The van der Waals surface area contributed by atoms with Crippen LogP contribution in [0.4, 0.5) is 13.2 Å². The Hall–Kier alpha value is -1.19. The van der Waals surface area contributed by atoms with Gasteiger partial charge in [-0.25, -0.2) is 9.98 Å². The number of aliphatic imine (C=N–C) groups is 2. The summed E-state index contributed by atoms with van der Waals surface area (Å²) >= 11 is 0. The molecule has 0 amide bonds. The van der Waals surface area contributed by atoms with Gasteiger partial charge in [-0.3, -0.25) is 0 Å². The van der Waals surface area contributed by atoms with Gasteiger partial charge in [-0.05, 0) is 39.5 Å². The highest BCUT2D eigenvalue weighted by Crippen LogP contribution is 2.44. The maximum Gasteiger partial charge on any atom is 0.398 e. The molecule has 3 aliphatic heterocycles. The Morgan fingerprint density at radius 2 is 1.97 bits per heavy atom. The van der Waals surface area contributed by atoms with Gasteiger partial charge in [-0.1, -0.05) is 12.8 Å². The maximum atomic E-state index is 13.6. The molecule has 4 aliphatic rings. The Balaban J connectivity index is 1.45. The van der Waals surface area contributed by atoms with E-state index in [0.29, 0.717) is 0 Å². The van der Waals surface area contributed by atoms with Gasteiger partial charge in [0, 0.05) is 36.3 Å². The minimum atomic E-state index is -4.40. The summed E-state index contributed by atoms with van der Waals surface area (Å²) in [6.07, 6.45) is 1.69. The van der Waals surface area contributed by atoms with Gasteiger partial charge in [0.15, 0.2) is 0 Å². The third-order valence-corrected chi connectivity index (χ3v) is 6.85. The number of alkyl halides is 3. The second kappa shape index (κ2) is 7.81. The van der Waals surface area contributed by atoms with Gasteiger partial charge < -0.3 is 21.1 Å². The Labute approximate surface area is 169 Å². The van der Waals surface area contributed by atoms with Gasteiger partial charge in [0.25, 0.3) is 0 Å². The van der Waals surface area contributed by atoms with Crippen molar-refractivity contribution in [2.24, 2.45) is 27.6 Å². The largest absolute Gasteiger partial charge is 0.398 e. The number of piperidine rings is 1. The first kappa shape index (κ1) is 21.1. The molecule has 7 unspecified atom stereocenters. The summed E-state index contributed by atoms with van der Waals surface area (Å²) in [4.78, 5) is 8.39. The van der Waals surface area contributed by atoms with Crippen molar-refractivity contribution in [1.29, 1.82) is 0 Å². The summed E-state index contributed by atoms with van der Waals surface area (Å²) in [6.45, 7) is 5.02. The van der Waals surface area contributed by atoms with Gasteiger partial charge in [-0.15, -0.1) is 0 Å². The van der Waals surface area contributed by atoms with Gasteiger partial charge >= 0.3 is 6.18 Å². The van der Waals surface area contributed by atoms with E-state index in [1.54, 1.807) is 0 Å². The normalized spacial score (nSPS) is 42.3. The number of halogens is 3. The van der Waals surface area contributed by atoms with Crippen LogP contribution in [-0.4, -0.2) is 60.8 Å². The number of epoxide rings is 1. The number of hydrogen-bond donors (Lipinski definition) is 3. The van der Waals surface area contributed by atoms with Crippen LogP contribution < -0.4 is 16.4 Å². The quantitative estimate of drug-likeness (QED) is 0.618. The van der Waals surface area contributed by atoms with Crippen LogP contribution in [-0.2, 0) is 4.74 Å². The number of guanidine groups is 1. The van der Waals surface area contributed by atoms with Gasteiger partial charge in [-0.2, -0.15) is 13.2 Å². The average Bonchev–Trinajstić information content (AvgIpc) is 3.43. The zero-order valence-electron chi connectivity index (χ0n) is 17.1. The van der Waals surface area contributed by atoms with Crippen molar-refractivity contribution in [3.8, 4) is 0 Å². The van der Waals surface area contributed by atoms with E-state index < -0.39 is 24.2 Å². The van der Waals surface area contributed by atoms with Crippen molar-refractivity contribution in [3.63, 3.8) is 0 Å². The van der Waals surface area contributed by atoms with Crippen molar-refractivity contribution >= 4 is 12.2 Å². The smallest absolute Gasteiger partial charge is 0.367 e. The Morgan fingerprint density at radius 1 is 1.21 bits per heavy atom. The predicted molar refractivity (Wildman–Crippen MR) is 106 cm³/mol. The van der Waals surface area contributed by atoms with Crippen LogP contribution in [0.25, 0.3) is 0 Å². The van der Waals surface area contributed by atoms with E-state index in [4.69, 9.17) is 10.5 Å². The number of rotatable bonds is 3. The van der Waals surface area contributed by atoms with Crippen LogP contribution >= 0.6 is 0 Å². The maximum absolute atomic E-state index is 13.6. The number of nitrogens with two attached hydrogens (primary N) is 1. The summed E-state index contributed by atoms with van der Waals surface area (Å²) in [6, 6.07) is -0.898. The Kier molecular flexibility index (Phi) is 5.67. The molecule has 9 heteroatoms. The van der Waals surface area contributed by atoms with E-state index >= 15 is 0 Å². The van der Waals surface area contributed by atoms with E-state index in [2.05, 4.69) is 34.5 Å². The number of nitrogens with zero attached hydrogens (tertiary/aromatic N) is 2. The molecule has 2 saturated heterocycles. The molecule has 3 heterocycles. The zero-order valence-corrected chi connectivity index (χ0v) is 17.1. The Bertz CT molecular complexity index is 655. The van der Waals surface area contributed by atoms with Crippen molar-refractivity contribution in [2.75, 3.05) is 6.54 Å². The van der Waals surface area contributed by atoms with Gasteiger partial charge in [0.05, 0.1) is 12.1 Å². The van der Waals surface area contributed by atoms with E-state index in [1.807, 2.05) is 0 Å². The van der Waals surface area contributed by atoms with E-state index in [-0.39, 0.29) is 35.6 Å². The highest BCUT2D eigenvalue weighted by Gasteiger charge is 2.58. The van der Waals surface area contributed by atoms with Gasteiger partial charge in [0.2, 0.25) is 5.96 Å². The minimum absolute atomic E-state index is 0.00131. The standard InChI is InChI=1S/C20H32F3N5O/c1-19(2)8-7-11(9-26-19)27-18-25-10-13(20(21,22)23)15(28-18)17-16(29-17)12-5-3-4-6-14(12)24/h10-17,26H,3-9,24H2,1-2H3,(H,27,28). The molecule has 0 aromatic carbocycles. The first-order valence-corrected chi connectivity index (χ1v) is 10.8. The first-order chi connectivity index (χ1) is 13.6. The molecule has 1 aliphatic carbocycles. The molecule has 4 N–H and O–H groups in total. The summed E-state index contributed by atoms with van der Waals surface area (Å²) < 4.78 is 46.6. The number of hydrogen-bond acceptors (Lipinski definition) is 6. The van der Waals surface area contributed by atoms with Crippen molar-refractivity contribution in [2.45, 2.75) is 94.4 Å². The van der Waals surface area contributed by atoms with Crippen LogP contribution in [0.5, 0.6) is 0 Å². The van der Waals surface area contributed by atoms with Crippen LogP contribution in [0.2, 0.25) is 0 Å². The molecule has 6 nitrogen and oxygen atoms in total. The van der Waals surface area contributed by atoms with Crippen molar-refractivity contribution in [1.82, 2.24) is 10.6 Å². The summed E-state index contributed by atoms with van der Waals surface area (Å²) in [5.74, 6) is -1.31. The second-order valence-corrected chi connectivity index (χ2v) is 9.61. The van der Waals surface area contributed by atoms with E-state index in [0.717, 1.165) is 51.3 Å². The number of nitrogens with one attached hydrogen (secondary N) is 2. The van der Waals surface area contributed by atoms with Crippen molar-refractivity contribution < 1.29 is 17.9 Å². The topological polar surface area (TPSA) is 87.3 Å². The molecule has 0 radical (unpaired) electrons. The monoisotopic (exact) mass is 415 g/mol. The Morgan fingerprint density at radius 3 is 2.62 bits per heavy atom. The SMILES string of the molecule is CC1(C)CCC(NC2=NC(C3OC3C3CCCCC3N)C(C(F)(F)F)C=N2)CN1. The molecule has 4 rings (SSSR count). The molecule has 7 atom stereocenters. The molecule has 29 heavy (non-hydrogen) atoms. The van der Waals surface area contributed by atoms with E-state index in [9.17, 15) is 13.2 Å². The highest BCUT2D eigenvalue weighted by molar-refractivity contribution is 5.91. The summed E-state index contributed by atoms with van der Waals surface area (Å²) in [7, 11) is 0. The molecule has 0 spiro atoms. The molecule has 3 fully saturated rings. The van der Waals surface area contributed by atoms with Crippen LogP contribution in [0.1, 0.15) is 52.4 Å². The van der Waals surface area contributed by atoms with E-state index in [1.165, 1.54) is 0 Å². The lowest BCUT2D eigenvalue weighted by Gasteiger charge is -2.36. The third-order valence-electron chi connectivity index (χ3n) is 6.85. The van der Waals surface area contributed by atoms with Crippen LogP contribution in [0.15, 0.2) is 9.98 Å². The molecule has 0 bridgehead atoms. The van der Waals surface area contributed by atoms with Gasteiger partial charge in [0.1, 0.15) is 12.0 Å². The molecule has 0 aromatic rings. The lowest BCUT2D eigenvalue weighted by atomic mass is 9.80. The molecule has 164 valence electrons. The lowest BCUT2D eigenvalue weighted by Crippen LogP contribution is -2.54. The number of ether oxygens (including phenoxy) is 1. The predicted octanol–water partition coefficient (Wildman–Crippen LogP) is 2.38. The third kappa shape index (κ3) is 4.77. The molecule has 1 saturated carbocycles. The molecular formula is C20H32F3N5O. The second-order valence-electron chi connectivity index (χ2n) is 9.61. The van der Waals surface area contributed by atoms with Crippen molar-refractivity contribution in [3.05, 3.63) is 0 Å². The van der Waals surface area contributed by atoms with Crippen LogP contribution in [0.3, 0.4) is 0 Å². The average molecular weight is 416 g/mol. The lowest BCUT2D eigenvalue weighted by molar-refractivity contribution is -0.160. The fraction of sp³-hybridized carbons (Fsp3) is 0.900. The summed E-state index contributed by atoms with van der Waals surface area (Å²) in [5, 5.41) is 6.67. The first-order valence-electron chi connectivity index (χ1n) is 10.8. The fourth-order valence-corrected chi connectivity index (χ4v) is 4.91. The summed E-state index contributed by atoms with van der Waals surface area (Å²) in [5.41, 5.74) is 6.30. The molecular weight excluding hydrogens is 383 g/mol. The minimum Gasteiger partial charge on any atom is -0.367 e. The fourth-order valence-electron chi connectivity index (χ4n) is 4.91. The molecule has 0 aromatic heterocycles.